The van der Waals surface area contributed by atoms with E-state index in [1.807, 2.05) is 0 Å². The molecule has 1 amide bonds. The summed E-state index contributed by atoms with van der Waals surface area (Å²) in [4.78, 5) is 12.8. The zero-order valence-corrected chi connectivity index (χ0v) is 19.9. The number of hydrogen-bond acceptors (Lipinski definition) is 4. The van der Waals surface area contributed by atoms with E-state index in [2.05, 4.69) is 5.32 Å². The van der Waals surface area contributed by atoms with Crippen LogP contribution in [0.15, 0.2) is 47.4 Å². The van der Waals surface area contributed by atoms with Gasteiger partial charge in [-0.2, -0.15) is 4.31 Å². The number of hydrogen-bond donors (Lipinski definition) is 1. The molecule has 1 aliphatic heterocycles. The second kappa shape index (κ2) is 10.5. The molecular weight excluding hydrogens is 462 g/mol. The van der Waals surface area contributed by atoms with Gasteiger partial charge in [0, 0.05) is 37.0 Å². The number of nitrogens with zero attached hydrogens (tertiary/aromatic N) is 1. The first-order valence-corrected chi connectivity index (χ1v) is 13.1. The number of halogens is 2. The van der Waals surface area contributed by atoms with Crippen LogP contribution in [0, 0.1) is 11.6 Å². The van der Waals surface area contributed by atoms with Crippen LogP contribution >= 0.6 is 0 Å². The van der Waals surface area contributed by atoms with Gasteiger partial charge in [0.1, 0.15) is 11.6 Å². The van der Waals surface area contributed by atoms with Gasteiger partial charge in [-0.25, -0.2) is 17.2 Å². The van der Waals surface area contributed by atoms with Crippen molar-refractivity contribution < 1.29 is 26.7 Å². The Kier molecular flexibility index (Phi) is 7.64. The molecule has 1 saturated carbocycles. The van der Waals surface area contributed by atoms with Crippen molar-refractivity contribution in [1.82, 2.24) is 9.62 Å². The lowest BCUT2D eigenvalue weighted by atomic mass is 9.78. The van der Waals surface area contributed by atoms with Crippen LogP contribution in [0.5, 0.6) is 0 Å². The fraction of sp³-hybridized carbons (Fsp3) is 0.480. The van der Waals surface area contributed by atoms with E-state index in [1.165, 1.54) is 22.5 Å². The molecule has 34 heavy (non-hydrogen) atoms. The fourth-order valence-electron chi connectivity index (χ4n) is 4.95. The Morgan fingerprint density at radius 3 is 2.24 bits per heavy atom. The van der Waals surface area contributed by atoms with Gasteiger partial charge < -0.3 is 10.1 Å². The Bertz CT molecular complexity index is 1090. The number of nitrogens with one attached hydrogen (secondary N) is 1. The second-order valence-electron chi connectivity index (χ2n) is 9.02. The fourth-order valence-corrected chi connectivity index (χ4v) is 6.36. The van der Waals surface area contributed by atoms with Gasteiger partial charge in [-0.1, -0.05) is 31.0 Å². The van der Waals surface area contributed by atoms with Gasteiger partial charge in [0.15, 0.2) is 0 Å². The predicted octanol–water partition coefficient (Wildman–Crippen LogP) is 3.55. The van der Waals surface area contributed by atoms with Crippen LogP contribution in [0.4, 0.5) is 8.78 Å². The summed E-state index contributed by atoms with van der Waals surface area (Å²) < 4.78 is 61.0. The SMILES string of the molecule is O=C(CCc1ccc(S(=O)(=O)N2CCOCC2)cc1)NCC1(c2c(F)cccc2F)CCCC1. The standard InChI is InChI=1S/C25H30F2N2O4S/c26-21-4-3-5-22(27)24(21)25(12-1-2-13-25)18-28-23(30)11-8-19-6-9-20(10-7-19)34(31,32)29-14-16-33-17-15-29/h3-7,9-10H,1-2,8,11-18H2,(H,28,30). The van der Waals surface area contributed by atoms with Crippen LogP contribution in [-0.2, 0) is 31.4 Å². The molecule has 4 rings (SSSR count). The highest BCUT2D eigenvalue weighted by molar-refractivity contribution is 7.89. The maximum Gasteiger partial charge on any atom is 0.243 e. The van der Waals surface area contributed by atoms with E-state index in [0.29, 0.717) is 45.6 Å². The Balaban J connectivity index is 1.34. The van der Waals surface area contributed by atoms with Crippen LogP contribution in [-0.4, -0.2) is 51.5 Å². The molecule has 0 unspecified atom stereocenters. The number of carbonyl (C=O) groups excluding carboxylic acids is 1. The van der Waals surface area contributed by atoms with Crippen LogP contribution in [0.25, 0.3) is 0 Å². The van der Waals surface area contributed by atoms with E-state index >= 15 is 0 Å². The summed E-state index contributed by atoms with van der Waals surface area (Å²) in [6, 6.07) is 10.4. The molecule has 184 valence electrons. The van der Waals surface area contributed by atoms with Crippen molar-refractivity contribution in [2.45, 2.75) is 48.8 Å². The van der Waals surface area contributed by atoms with Crippen LogP contribution in [0.1, 0.15) is 43.2 Å². The summed E-state index contributed by atoms with van der Waals surface area (Å²) in [6.07, 6.45) is 3.62. The summed E-state index contributed by atoms with van der Waals surface area (Å²) >= 11 is 0. The summed E-state index contributed by atoms with van der Waals surface area (Å²) in [5.41, 5.74) is 0.192. The van der Waals surface area contributed by atoms with E-state index in [4.69, 9.17) is 4.74 Å². The third-order valence-electron chi connectivity index (χ3n) is 6.85. The molecular formula is C25H30F2N2O4S. The molecule has 6 nitrogen and oxygen atoms in total. The Hall–Kier alpha value is -2.36. The van der Waals surface area contributed by atoms with Gasteiger partial charge in [0.25, 0.3) is 0 Å². The van der Waals surface area contributed by atoms with Crippen LogP contribution in [0.3, 0.4) is 0 Å². The van der Waals surface area contributed by atoms with E-state index in [-0.39, 0.29) is 29.3 Å². The first kappa shape index (κ1) is 24.8. The summed E-state index contributed by atoms with van der Waals surface area (Å²) in [5, 5.41) is 2.88. The summed E-state index contributed by atoms with van der Waals surface area (Å²) in [7, 11) is -3.56. The number of ether oxygens (including phenoxy) is 1. The molecule has 2 aromatic carbocycles. The Labute approximate surface area is 199 Å². The highest BCUT2D eigenvalue weighted by Crippen LogP contribution is 2.42. The number of rotatable bonds is 8. The van der Waals surface area contributed by atoms with Crippen molar-refractivity contribution in [1.29, 1.82) is 0 Å². The summed E-state index contributed by atoms with van der Waals surface area (Å²) in [5.74, 6) is -1.33. The van der Waals surface area contributed by atoms with Crippen molar-refractivity contribution in [2.75, 3.05) is 32.8 Å². The molecule has 2 fully saturated rings. The van der Waals surface area contributed by atoms with Crippen molar-refractivity contribution in [3.63, 3.8) is 0 Å². The number of sulfonamides is 1. The molecule has 1 aliphatic carbocycles. The minimum absolute atomic E-state index is 0.0740. The first-order valence-electron chi connectivity index (χ1n) is 11.7. The van der Waals surface area contributed by atoms with Crippen molar-refractivity contribution in [3.8, 4) is 0 Å². The highest BCUT2D eigenvalue weighted by Gasteiger charge is 2.40. The van der Waals surface area contributed by atoms with Crippen LogP contribution in [0.2, 0.25) is 0 Å². The van der Waals surface area contributed by atoms with Gasteiger partial charge in [0.2, 0.25) is 15.9 Å². The third kappa shape index (κ3) is 5.31. The highest BCUT2D eigenvalue weighted by atomic mass is 32.2. The van der Waals surface area contributed by atoms with Gasteiger partial charge in [-0.15, -0.1) is 0 Å². The molecule has 9 heteroatoms. The molecule has 2 aromatic rings. The smallest absolute Gasteiger partial charge is 0.243 e. The maximum absolute atomic E-state index is 14.5. The molecule has 1 heterocycles. The predicted molar refractivity (Wildman–Crippen MR) is 124 cm³/mol. The lowest BCUT2D eigenvalue weighted by molar-refractivity contribution is -0.121. The van der Waals surface area contributed by atoms with Crippen molar-refractivity contribution >= 4 is 15.9 Å². The van der Waals surface area contributed by atoms with Crippen molar-refractivity contribution in [2.24, 2.45) is 0 Å². The molecule has 1 N–H and O–H groups in total. The first-order chi connectivity index (χ1) is 16.3. The molecule has 0 radical (unpaired) electrons. The zero-order valence-electron chi connectivity index (χ0n) is 19.1. The number of benzene rings is 2. The third-order valence-corrected chi connectivity index (χ3v) is 8.76. The van der Waals surface area contributed by atoms with Crippen LogP contribution < -0.4 is 5.32 Å². The van der Waals surface area contributed by atoms with E-state index in [9.17, 15) is 22.0 Å². The minimum atomic E-state index is -3.56. The summed E-state index contributed by atoms with van der Waals surface area (Å²) in [6.45, 7) is 1.64. The Morgan fingerprint density at radius 2 is 1.62 bits per heavy atom. The number of aryl methyl sites for hydroxylation is 1. The lowest BCUT2D eigenvalue weighted by Crippen LogP contribution is -2.40. The van der Waals surface area contributed by atoms with E-state index < -0.39 is 27.1 Å². The largest absolute Gasteiger partial charge is 0.379 e. The minimum Gasteiger partial charge on any atom is -0.379 e. The normalized spacial score (nSPS) is 18.6. The molecule has 1 saturated heterocycles. The average molecular weight is 493 g/mol. The second-order valence-corrected chi connectivity index (χ2v) is 11.0. The zero-order chi connectivity index (χ0) is 24.2. The monoisotopic (exact) mass is 492 g/mol. The van der Waals surface area contributed by atoms with Gasteiger partial charge in [-0.05, 0) is 49.1 Å². The number of amides is 1. The molecule has 0 bridgehead atoms. The van der Waals surface area contributed by atoms with Gasteiger partial charge in [-0.3, -0.25) is 4.79 Å². The number of carbonyl (C=O) groups is 1. The van der Waals surface area contributed by atoms with E-state index in [0.717, 1.165) is 18.4 Å². The molecule has 0 aromatic heterocycles. The lowest BCUT2D eigenvalue weighted by Gasteiger charge is -2.30. The molecule has 0 atom stereocenters. The molecule has 0 spiro atoms. The quantitative estimate of drug-likeness (QED) is 0.612. The van der Waals surface area contributed by atoms with Crippen molar-refractivity contribution in [3.05, 3.63) is 65.2 Å². The van der Waals surface area contributed by atoms with Gasteiger partial charge in [0.05, 0.1) is 18.1 Å². The van der Waals surface area contributed by atoms with Gasteiger partial charge >= 0.3 is 0 Å². The Morgan fingerprint density at radius 1 is 1.00 bits per heavy atom. The van der Waals surface area contributed by atoms with E-state index in [1.54, 1.807) is 24.3 Å². The topological polar surface area (TPSA) is 75.7 Å². The number of morpholine rings is 1. The molecule has 2 aliphatic rings. The maximum atomic E-state index is 14.5. The average Bonchev–Trinajstić information content (AvgIpc) is 3.32.